The third-order valence-electron chi connectivity index (χ3n) is 4.65. The molecular weight excluding hydrogens is 248 g/mol. The lowest BCUT2D eigenvalue weighted by atomic mass is 9.57. The molecule has 0 amide bonds. The summed E-state index contributed by atoms with van der Waals surface area (Å²) < 4.78 is 0. The summed E-state index contributed by atoms with van der Waals surface area (Å²) in [5.74, 6) is -0.0700. The Bertz CT molecular complexity index is 641. The van der Waals surface area contributed by atoms with Gasteiger partial charge in [0.1, 0.15) is 0 Å². The fraction of sp³-hybridized carbons (Fsp3) is 0.333. The minimum absolute atomic E-state index is 0.0350. The van der Waals surface area contributed by atoms with Gasteiger partial charge in [0.15, 0.2) is 11.6 Å². The number of fused-ring (bicyclic) bond motifs is 1. The number of benzene rings is 1. The molecule has 2 aliphatic rings. The summed E-state index contributed by atoms with van der Waals surface area (Å²) in [6.45, 7) is 8.11. The summed E-state index contributed by atoms with van der Waals surface area (Å²) in [6, 6.07) is 8.12. The molecule has 0 unspecified atom stereocenters. The van der Waals surface area contributed by atoms with Gasteiger partial charge >= 0.3 is 0 Å². The van der Waals surface area contributed by atoms with Gasteiger partial charge in [-0.15, -0.1) is 0 Å². The first-order valence-electron chi connectivity index (χ1n) is 6.90. The number of rotatable bonds is 0. The van der Waals surface area contributed by atoms with Gasteiger partial charge in [0, 0.05) is 22.0 Å². The Morgan fingerprint density at radius 2 is 1.05 bits per heavy atom. The van der Waals surface area contributed by atoms with Crippen LogP contribution in [0, 0.1) is 0 Å². The molecule has 3 rings (SSSR count). The first-order chi connectivity index (χ1) is 9.28. The zero-order valence-corrected chi connectivity index (χ0v) is 12.3. The number of allylic oxidation sites excluding steroid dienone is 4. The van der Waals surface area contributed by atoms with Crippen molar-refractivity contribution >= 4 is 11.6 Å². The van der Waals surface area contributed by atoms with Crippen LogP contribution in [0.3, 0.4) is 0 Å². The van der Waals surface area contributed by atoms with Crippen LogP contribution >= 0.6 is 0 Å². The lowest BCUT2D eigenvalue weighted by Crippen LogP contribution is -2.43. The van der Waals surface area contributed by atoms with Gasteiger partial charge in [-0.1, -0.05) is 52.0 Å². The van der Waals surface area contributed by atoms with Crippen LogP contribution in [0.15, 0.2) is 47.6 Å². The summed E-state index contributed by atoms with van der Waals surface area (Å²) in [7, 11) is 0. The summed E-state index contributed by atoms with van der Waals surface area (Å²) in [6.07, 6.45) is 2.82. The van der Waals surface area contributed by atoms with Gasteiger partial charge in [-0.25, -0.2) is 0 Å². The van der Waals surface area contributed by atoms with Crippen LogP contribution in [-0.2, 0) is 20.4 Å². The maximum atomic E-state index is 12.4. The predicted octanol–water partition coefficient (Wildman–Crippen LogP) is 3.26. The minimum atomic E-state index is -0.432. The normalized spacial score (nSPS) is 22.6. The Labute approximate surface area is 119 Å². The Balaban J connectivity index is 2.42. The quantitative estimate of drug-likeness (QED) is 0.675. The van der Waals surface area contributed by atoms with Crippen molar-refractivity contribution in [3.05, 3.63) is 58.7 Å². The van der Waals surface area contributed by atoms with Gasteiger partial charge in [-0.05, 0) is 23.3 Å². The number of hydrogen-bond donors (Lipinski definition) is 0. The molecule has 0 heterocycles. The van der Waals surface area contributed by atoms with E-state index in [2.05, 4.69) is 12.1 Å². The van der Waals surface area contributed by atoms with Gasteiger partial charge in [0.05, 0.1) is 0 Å². The van der Waals surface area contributed by atoms with Crippen LogP contribution in [0.25, 0.3) is 0 Å². The van der Waals surface area contributed by atoms with Crippen molar-refractivity contribution in [1.29, 1.82) is 0 Å². The van der Waals surface area contributed by atoms with Crippen molar-refractivity contribution in [3.63, 3.8) is 0 Å². The topological polar surface area (TPSA) is 34.1 Å². The zero-order chi connectivity index (χ0) is 14.7. The van der Waals surface area contributed by atoms with Crippen molar-refractivity contribution in [1.82, 2.24) is 0 Å². The molecular formula is C18H18O2. The Kier molecular flexibility index (Phi) is 2.47. The lowest BCUT2D eigenvalue weighted by molar-refractivity contribution is -0.116. The van der Waals surface area contributed by atoms with E-state index in [1.165, 1.54) is 12.2 Å². The molecule has 0 saturated heterocycles. The molecule has 20 heavy (non-hydrogen) atoms. The molecule has 0 saturated carbocycles. The van der Waals surface area contributed by atoms with E-state index >= 15 is 0 Å². The molecule has 2 heteroatoms. The van der Waals surface area contributed by atoms with Crippen molar-refractivity contribution in [2.45, 2.75) is 38.5 Å². The molecule has 1 aromatic carbocycles. The van der Waals surface area contributed by atoms with Crippen LogP contribution in [0.2, 0.25) is 0 Å². The molecule has 1 aromatic rings. The Morgan fingerprint density at radius 1 is 0.700 bits per heavy atom. The summed E-state index contributed by atoms with van der Waals surface area (Å²) in [5, 5.41) is 0. The van der Waals surface area contributed by atoms with Crippen LogP contribution < -0.4 is 0 Å². The van der Waals surface area contributed by atoms with Crippen molar-refractivity contribution < 1.29 is 9.59 Å². The standard InChI is InChI=1S/C18H18O2/c1-17(2)11-7-5-6-8-12(11)18(3,4)16-14(20)10-9-13(19)15(16)17/h5-10H,1-4H3. The maximum absolute atomic E-state index is 12.4. The van der Waals surface area contributed by atoms with Gasteiger partial charge in [0.2, 0.25) is 0 Å². The van der Waals surface area contributed by atoms with Gasteiger partial charge in [-0.3, -0.25) is 9.59 Å². The number of hydrogen-bond acceptors (Lipinski definition) is 2. The monoisotopic (exact) mass is 266 g/mol. The SMILES string of the molecule is CC1(C)C2=C(C(=O)C=CC2=O)C(C)(C)c2ccccc21. The van der Waals surface area contributed by atoms with Crippen LogP contribution in [0.4, 0.5) is 0 Å². The molecule has 0 radical (unpaired) electrons. The highest BCUT2D eigenvalue weighted by Gasteiger charge is 2.48. The van der Waals surface area contributed by atoms with Crippen molar-refractivity contribution in [2.24, 2.45) is 0 Å². The average molecular weight is 266 g/mol. The highest BCUT2D eigenvalue weighted by molar-refractivity contribution is 6.22. The second-order valence-electron chi connectivity index (χ2n) is 6.61. The van der Waals surface area contributed by atoms with Crippen molar-refractivity contribution in [3.8, 4) is 0 Å². The Morgan fingerprint density at radius 3 is 1.40 bits per heavy atom. The first-order valence-corrected chi connectivity index (χ1v) is 6.90. The summed E-state index contributed by atoms with van der Waals surface area (Å²) >= 11 is 0. The molecule has 0 atom stereocenters. The first kappa shape index (κ1) is 13.0. The largest absolute Gasteiger partial charge is 0.290 e. The summed E-state index contributed by atoms with van der Waals surface area (Å²) in [4.78, 5) is 24.8. The van der Waals surface area contributed by atoms with Gasteiger partial charge < -0.3 is 0 Å². The minimum Gasteiger partial charge on any atom is -0.290 e. The fourth-order valence-corrected chi connectivity index (χ4v) is 3.65. The van der Waals surface area contributed by atoms with E-state index in [9.17, 15) is 9.59 Å². The molecule has 0 N–H and O–H groups in total. The van der Waals surface area contributed by atoms with E-state index in [0.29, 0.717) is 11.1 Å². The summed E-state index contributed by atoms with van der Waals surface area (Å²) in [5.41, 5.74) is 2.74. The highest BCUT2D eigenvalue weighted by Crippen LogP contribution is 2.50. The Hall–Kier alpha value is -1.96. The second-order valence-corrected chi connectivity index (χ2v) is 6.61. The van der Waals surface area contributed by atoms with E-state index in [0.717, 1.165) is 11.1 Å². The van der Waals surface area contributed by atoms with Crippen LogP contribution in [0.1, 0.15) is 38.8 Å². The molecule has 102 valence electrons. The fourth-order valence-electron chi connectivity index (χ4n) is 3.65. The van der Waals surface area contributed by atoms with E-state index in [1.54, 1.807) is 0 Å². The average Bonchev–Trinajstić information content (AvgIpc) is 2.39. The molecule has 0 fully saturated rings. The van der Waals surface area contributed by atoms with E-state index < -0.39 is 10.8 Å². The zero-order valence-electron chi connectivity index (χ0n) is 12.3. The maximum Gasteiger partial charge on any atom is 0.183 e. The van der Waals surface area contributed by atoms with E-state index in [4.69, 9.17) is 0 Å². The molecule has 2 nitrogen and oxygen atoms in total. The molecule has 0 spiro atoms. The number of carbonyl (C=O) groups excluding carboxylic acids is 2. The molecule has 0 aromatic heterocycles. The third-order valence-corrected chi connectivity index (χ3v) is 4.65. The lowest BCUT2D eigenvalue weighted by Gasteiger charge is -2.44. The number of ketones is 2. The number of carbonyl (C=O) groups is 2. The molecule has 0 bridgehead atoms. The van der Waals surface area contributed by atoms with Crippen LogP contribution in [-0.4, -0.2) is 11.6 Å². The third kappa shape index (κ3) is 1.45. The molecule has 2 aliphatic carbocycles. The van der Waals surface area contributed by atoms with Gasteiger partial charge in [-0.2, -0.15) is 0 Å². The van der Waals surface area contributed by atoms with Gasteiger partial charge in [0.25, 0.3) is 0 Å². The predicted molar refractivity (Wildman–Crippen MR) is 78.7 cm³/mol. The van der Waals surface area contributed by atoms with Crippen molar-refractivity contribution in [2.75, 3.05) is 0 Å². The second kappa shape index (κ2) is 3.78. The van der Waals surface area contributed by atoms with E-state index in [-0.39, 0.29) is 11.6 Å². The smallest absolute Gasteiger partial charge is 0.183 e. The van der Waals surface area contributed by atoms with Crippen LogP contribution in [0.5, 0.6) is 0 Å². The van der Waals surface area contributed by atoms with E-state index in [1.807, 2.05) is 39.8 Å². The molecule has 0 aliphatic heterocycles. The highest BCUT2D eigenvalue weighted by atomic mass is 16.1.